The van der Waals surface area contributed by atoms with Gasteiger partial charge in [0.05, 0.1) is 6.04 Å². The van der Waals surface area contributed by atoms with Gasteiger partial charge in [0.1, 0.15) is 6.04 Å². The minimum Gasteiger partial charge on any atom is -0.356 e. The minimum atomic E-state index is 0. The SMILES string of the molecule is Cl.Ic1ccccc1CSC1=NC(c2ccccc2)C(c2ccccc2)N1. The van der Waals surface area contributed by atoms with Crippen LogP contribution in [0.25, 0.3) is 0 Å². The van der Waals surface area contributed by atoms with Crippen molar-refractivity contribution in [3.05, 3.63) is 105 Å². The average Bonchev–Trinajstić information content (AvgIpc) is 3.13. The molecule has 1 aliphatic rings. The lowest BCUT2D eigenvalue weighted by Crippen LogP contribution is -2.22. The van der Waals surface area contributed by atoms with Crippen molar-refractivity contribution in [2.24, 2.45) is 4.99 Å². The van der Waals surface area contributed by atoms with Crippen molar-refractivity contribution in [1.29, 1.82) is 0 Å². The van der Waals surface area contributed by atoms with Gasteiger partial charge in [0, 0.05) is 9.32 Å². The molecule has 0 saturated heterocycles. The maximum atomic E-state index is 5.03. The standard InChI is InChI=1S/C22H19IN2S.ClH/c23-19-14-8-7-13-18(19)15-26-22-24-20(16-9-3-1-4-10-16)21(25-22)17-11-5-2-6-12-17;/h1-14,20-21H,15H2,(H,24,25);1H. The maximum absolute atomic E-state index is 5.03. The van der Waals surface area contributed by atoms with E-state index in [4.69, 9.17) is 4.99 Å². The van der Waals surface area contributed by atoms with Crippen LogP contribution in [0.4, 0.5) is 0 Å². The van der Waals surface area contributed by atoms with Crippen molar-refractivity contribution in [2.45, 2.75) is 17.8 Å². The second kappa shape index (κ2) is 9.62. The summed E-state index contributed by atoms with van der Waals surface area (Å²) in [6.45, 7) is 0. The molecular formula is C22H20ClIN2S. The fraction of sp³-hybridized carbons (Fsp3) is 0.136. The van der Waals surface area contributed by atoms with Gasteiger partial charge in [-0.25, -0.2) is 0 Å². The highest BCUT2D eigenvalue weighted by molar-refractivity contribution is 14.1. The van der Waals surface area contributed by atoms with E-state index in [0.29, 0.717) is 0 Å². The van der Waals surface area contributed by atoms with Gasteiger partial charge in [0.15, 0.2) is 5.17 Å². The van der Waals surface area contributed by atoms with Gasteiger partial charge in [0.2, 0.25) is 0 Å². The number of aliphatic imine (C=N–C) groups is 1. The third-order valence-electron chi connectivity index (χ3n) is 4.47. The Morgan fingerprint density at radius 2 is 1.41 bits per heavy atom. The van der Waals surface area contributed by atoms with E-state index in [1.54, 1.807) is 11.8 Å². The molecule has 3 aromatic rings. The molecule has 2 unspecified atom stereocenters. The molecule has 0 saturated carbocycles. The molecule has 5 heteroatoms. The minimum absolute atomic E-state index is 0. The van der Waals surface area contributed by atoms with E-state index >= 15 is 0 Å². The number of halogens is 2. The van der Waals surface area contributed by atoms with Crippen LogP contribution in [0, 0.1) is 3.57 Å². The molecule has 27 heavy (non-hydrogen) atoms. The molecule has 1 heterocycles. The lowest BCUT2D eigenvalue weighted by Gasteiger charge is -2.19. The van der Waals surface area contributed by atoms with E-state index in [1.807, 2.05) is 0 Å². The van der Waals surface area contributed by atoms with E-state index in [-0.39, 0.29) is 24.5 Å². The summed E-state index contributed by atoms with van der Waals surface area (Å²) in [5.41, 5.74) is 3.87. The van der Waals surface area contributed by atoms with Gasteiger partial charge < -0.3 is 5.32 Å². The quantitative estimate of drug-likeness (QED) is 0.415. The monoisotopic (exact) mass is 506 g/mol. The topological polar surface area (TPSA) is 24.4 Å². The molecular weight excluding hydrogens is 487 g/mol. The van der Waals surface area contributed by atoms with Crippen molar-refractivity contribution in [3.63, 3.8) is 0 Å². The Labute approximate surface area is 184 Å². The van der Waals surface area contributed by atoms with E-state index in [2.05, 4.69) is 113 Å². The molecule has 0 aromatic heterocycles. The summed E-state index contributed by atoms with van der Waals surface area (Å²) in [7, 11) is 0. The molecule has 2 nitrogen and oxygen atoms in total. The number of nitrogens with zero attached hydrogens (tertiary/aromatic N) is 1. The molecule has 0 amide bonds. The third kappa shape index (κ3) is 4.86. The van der Waals surface area contributed by atoms with Crippen molar-refractivity contribution >= 4 is 51.9 Å². The first-order valence-electron chi connectivity index (χ1n) is 8.62. The van der Waals surface area contributed by atoms with Crippen LogP contribution in [0.5, 0.6) is 0 Å². The highest BCUT2D eigenvalue weighted by atomic mass is 127. The maximum Gasteiger partial charge on any atom is 0.158 e. The highest BCUT2D eigenvalue weighted by Gasteiger charge is 2.31. The van der Waals surface area contributed by atoms with Crippen molar-refractivity contribution < 1.29 is 0 Å². The summed E-state index contributed by atoms with van der Waals surface area (Å²) in [5.74, 6) is 0.925. The molecule has 0 fully saturated rings. The Balaban J connectivity index is 0.00000210. The summed E-state index contributed by atoms with van der Waals surface area (Å²) in [6.07, 6.45) is 0. The molecule has 0 aliphatic carbocycles. The Morgan fingerprint density at radius 3 is 2.07 bits per heavy atom. The van der Waals surface area contributed by atoms with Crippen molar-refractivity contribution in [3.8, 4) is 0 Å². The van der Waals surface area contributed by atoms with Gasteiger partial charge in [-0.2, -0.15) is 0 Å². The molecule has 1 aliphatic heterocycles. The number of hydrogen-bond acceptors (Lipinski definition) is 3. The summed E-state index contributed by atoms with van der Waals surface area (Å²) in [5, 5.41) is 4.68. The molecule has 0 bridgehead atoms. The lowest BCUT2D eigenvalue weighted by molar-refractivity contribution is 0.573. The Bertz CT molecular complexity index is 902. The first-order chi connectivity index (χ1) is 12.8. The molecule has 138 valence electrons. The normalized spacial score (nSPS) is 18.3. The van der Waals surface area contributed by atoms with Gasteiger partial charge in [-0.15, -0.1) is 12.4 Å². The highest BCUT2D eigenvalue weighted by Crippen LogP contribution is 2.38. The first kappa shape index (κ1) is 20.2. The zero-order valence-electron chi connectivity index (χ0n) is 14.6. The van der Waals surface area contributed by atoms with Crippen molar-refractivity contribution in [2.75, 3.05) is 0 Å². The number of benzene rings is 3. The number of thioether (sulfide) groups is 1. The molecule has 4 rings (SSSR count). The lowest BCUT2D eigenvalue weighted by atomic mass is 9.95. The Morgan fingerprint density at radius 1 is 0.815 bits per heavy atom. The fourth-order valence-corrected chi connectivity index (χ4v) is 4.91. The summed E-state index contributed by atoms with van der Waals surface area (Å²) < 4.78 is 1.30. The predicted octanol–water partition coefficient (Wildman–Crippen LogP) is 6.39. The van der Waals surface area contributed by atoms with Gasteiger partial charge in [-0.05, 0) is 45.3 Å². The van der Waals surface area contributed by atoms with Crippen LogP contribution in [0.1, 0.15) is 28.8 Å². The van der Waals surface area contributed by atoms with Crippen LogP contribution < -0.4 is 5.32 Å². The van der Waals surface area contributed by atoms with E-state index in [9.17, 15) is 0 Å². The predicted molar refractivity (Wildman–Crippen MR) is 127 cm³/mol. The van der Waals surface area contributed by atoms with Gasteiger partial charge in [-0.1, -0.05) is 90.6 Å². The Kier molecular flexibility index (Phi) is 7.21. The summed E-state index contributed by atoms with van der Waals surface area (Å²) in [6, 6.07) is 30.0. The molecule has 2 atom stereocenters. The third-order valence-corrected chi connectivity index (χ3v) is 6.48. The second-order valence-electron chi connectivity index (χ2n) is 6.20. The molecule has 1 N–H and O–H groups in total. The summed E-state index contributed by atoms with van der Waals surface area (Å²) in [4.78, 5) is 5.03. The smallest absolute Gasteiger partial charge is 0.158 e. The zero-order valence-corrected chi connectivity index (χ0v) is 18.4. The van der Waals surface area contributed by atoms with Gasteiger partial charge in [0.25, 0.3) is 0 Å². The number of amidine groups is 1. The first-order valence-corrected chi connectivity index (χ1v) is 10.7. The van der Waals surface area contributed by atoms with E-state index in [0.717, 1.165) is 10.9 Å². The van der Waals surface area contributed by atoms with Crippen LogP contribution in [0.3, 0.4) is 0 Å². The Hall–Kier alpha value is -1.50. The van der Waals surface area contributed by atoms with Crippen LogP contribution in [-0.2, 0) is 5.75 Å². The number of hydrogen-bond donors (Lipinski definition) is 1. The zero-order chi connectivity index (χ0) is 17.8. The largest absolute Gasteiger partial charge is 0.356 e. The van der Waals surface area contributed by atoms with Crippen LogP contribution in [-0.4, -0.2) is 5.17 Å². The van der Waals surface area contributed by atoms with Crippen LogP contribution in [0.15, 0.2) is 89.9 Å². The van der Waals surface area contributed by atoms with Gasteiger partial charge in [-0.3, -0.25) is 4.99 Å². The fourth-order valence-electron chi connectivity index (χ4n) is 3.13. The summed E-state index contributed by atoms with van der Waals surface area (Å²) >= 11 is 4.18. The van der Waals surface area contributed by atoms with E-state index < -0.39 is 0 Å². The van der Waals surface area contributed by atoms with Crippen molar-refractivity contribution in [1.82, 2.24) is 5.32 Å². The van der Waals surface area contributed by atoms with Gasteiger partial charge >= 0.3 is 0 Å². The number of rotatable bonds is 4. The van der Waals surface area contributed by atoms with Crippen LogP contribution >= 0.6 is 46.8 Å². The molecule has 0 radical (unpaired) electrons. The van der Waals surface area contributed by atoms with E-state index in [1.165, 1.54) is 20.3 Å². The molecule has 3 aromatic carbocycles. The second-order valence-corrected chi connectivity index (χ2v) is 8.33. The van der Waals surface area contributed by atoms with Crippen LogP contribution in [0.2, 0.25) is 0 Å². The molecule has 0 spiro atoms. The average molecular weight is 507 g/mol. The number of nitrogens with one attached hydrogen (secondary N) is 1.